The average molecular weight is 509 g/mol. The summed E-state index contributed by atoms with van der Waals surface area (Å²) in [5.41, 5.74) is 0.858. The van der Waals surface area contributed by atoms with Crippen LogP contribution in [0.2, 0.25) is 0 Å². The zero-order valence-electron chi connectivity index (χ0n) is 23.4. The van der Waals surface area contributed by atoms with E-state index in [9.17, 15) is 9.59 Å². The number of aliphatic carboxylic acids is 1. The number of fused-ring (bicyclic) bond motifs is 1. The topological polar surface area (TPSA) is 54.4 Å². The maximum Gasteiger partial charge on any atom is 0.303 e. The second-order valence-electron chi connectivity index (χ2n) is 10.9. The SMILES string of the molecule is O=C(O)CCCCCCCCCCCCCCCCCCCCCCC(=O)c1ccc2ccccc2c1. The third-order valence-electron chi connectivity index (χ3n) is 7.62. The first kappa shape index (κ1) is 31.1. The Labute approximate surface area is 226 Å². The van der Waals surface area contributed by atoms with E-state index < -0.39 is 5.97 Å². The molecule has 2 rings (SSSR count). The Morgan fingerprint density at radius 3 is 1.27 bits per heavy atom. The van der Waals surface area contributed by atoms with Gasteiger partial charge < -0.3 is 5.11 Å². The van der Waals surface area contributed by atoms with E-state index >= 15 is 0 Å². The van der Waals surface area contributed by atoms with Crippen molar-refractivity contribution >= 4 is 22.5 Å². The zero-order chi connectivity index (χ0) is 26.4. The van der Waals surface area contributed by atoms with Crippen molar-refractivity contribution in [1.29, 1.82) is 0 Å². The fourth-order valence-corrected chi connectivity index (χ4v) is 5.25. The molecule has 2 aromatic rings. The third kappa shape index (κ3) is 15.6. The lowest BCUT2D eigenvalue weighted by Gasteiger charge is -2.05. The Kier molecular flexibility index (Phi) is 17.5. The van der Waals surface area contributed by atoms with Gasteiger partial charge in [-0.25, -0.2) is 0 Å². The molecule has 0 aliphatic carbocycles. The number of Topliss-reactive ketones (excluding diaryl/α,β-unsaturated/α-hetero) is 1. The van der Waals surface area contributed by atoms with Crippen LogP contribution in [0.25, 0.3) is 10.8 Å². The van der Waals surface area contributed by atoms with E-state index in [0.29, 0.717) is 12.8 Å². The molecule has 0 bridgehead atoms. The lowest BCUT2D eigenvalue weighted by Crippen LogP contribution is -1.98. The van der Waals surface area contributed by atoms with Crippen molar-refractivity contribution in [3.05, 3.63) is 48.0 Å². The minimum atomic E-state index is -0.661. The Balaban J connectivity index is 1.28. The molecule has 0 radical (unpaired) electrons. The van der Waals surface area contributed by atoms with Crippen LogP contribution in [0.1, 0.15) is 152 Å². The zero-order valence-corrected chi connectivity index (χ0v) is 23.4. The number of carboxylic acids is 1. The predicted octanol–water partition coefficient (Wildman–Crippen LogP) is 10.7. The summed E-state index contributed by atoms with van der Waals surface area (Å²) in [5, 5.41) is 11.0. The molecule has 2 aromatic carbocycles. The number of carbonyl (C=O) groups is 2. The number of hydrogen-bond acceptors (Lipinski definition) is 2. The molecule has 37 heavy (non-hydrogen) atoms. The molecule has 0 saturated heterocycles. The van der Waals surface area contributed by atoms with Crippen LogP contribution in [0.15, 0.2) is 42.5 Å². The molecular formula is C34H52O3. The van der Waals surface area contributed by atoms with Crippen molar-refractivity contribution in [2.24, 2.45) is 0 Å². The highest BCUT2D eigenvalue weighted by Gasteiger charge is 2.06. The summed E-state index contributed by atoms with van der Waals surface area (Å²) in [6.45, 7) is 0. The molecule has 1 N–H and O–H groups in total. The van der Waals surface area contributed by atoms with Crippen molar-refractivity contribution in [3.63, 3.8) is 0 Å². The van der Waals surface area contributed by atoms with E-state index in [4.69, 9.17) is 5.11 Å². The van der Waals surface area contributed by atoms with Crippen molar-refractivity contribution in [2.75, 3.05) is 0 Å². The van der Waals surface area contributed by atoms with E-state index in [-0.39, 0.29) is 5.78 Å². The van der Waals surface area contributed by atoms with Crippen LogP contribution in [0.4, 0.5) is 0 Å². The van der Waals surface area contributed by atoms with Gasteiger partial charge in [0, 0.05) is 18.4 Å². The highest BCUT2D eigenvalue weighted by atomic mass is 16.4. The second-order valence-corrected chi connectivity index (χ2v) is 10.9. The van der Waals surface area contributed by atoms with Gasteiger partial charge in [0.05, 0.1) is 0 Å². The molecule has 3 heteroatoms. The molecule has 0 spiro atoms. The van der Waals surface area contributed by atoms with Gasteiger partial charge in [-0.15, -0.1) is 0 Å². The standard InChI is InChI=1S/C34H52O3/c35-33(32-28-27-30-23-21-22-24-31(30)29-32)25-19-17-15-13-11-9-7-5-3-1-2-4-6-8-10-12-14-16-18-20-26-34(36)37/h21-24,27-29H,1-20,25-26H2,(H,36,37). The van der Waals surface area contributed by atoms with Crippen molar-refractivity contribution in [2.45, 2.75) is 141 Å². The molecule has 0 aliphatic heterocycles. The monoisotopic (exact) mass is 508 g/mol. The van der Waals surface area contributed by atoms with Gasteiger partial charge in [0.2, 0.25) is 0 Å². The average Bonchev–Trinajstić information content (AvgIpc) is 2.91. The van der Waals surface area contributed by atoms with Crippen LogP contribution in [0.3, 0.4) is 0 Å². The van der Waals surface area contributed by atoms with Crippen molar-refractivity contribution in [1.82, 2.24) is 0 Å². The molecular weight excluding hydrogens is 456 g/mol. The highest BCUT2D eigenvalue weighted by molar-refractivity contribution is 5.99. The van der Waals surface area contributed by atoms with Gasteiger partial charge in [-0.1, -0.05) is 152 Å². The van der Waals surface area contributed by atoms with E-state index in [1.54, 1.807) is 0 Å². The molecule has 0 amide bonds. The molecule has 0 aromatic heterocycles. The minimum Gasteiger partial charge on any atom is -0.481 e. The first-order valence-corrected chi connectivity index (χ1v) is 15.4. The summed E-state index contributed by atoms with van der Waals surface area (Å²) in [6, 6.07) is 14.3. The lowest BCUT2D eigenvalue weighted by atomic mass is 10.00. The Hall–Kier alpha value is -2.16. The van der Waals surface area contributed by atoms with Crippen LogP contribution < -0.4 is 0 Å². The summed E-state index contributed by atoms with van der Waals surface area (Å²) < 4.78 is 0. The lowest BCUT2D eigenvalue weighted by molar-refractivity contribution is -0.137. The summed E-state index contributed by atoms with van der Waals surface area (Å²) in [7, 11) is 0. The fraction of sp³-hybridized carbons (Fsp3) is 0.647. The van der Waals surface area contributed by atoms with E-state index in [0.717, 1.165) is 30.2 Å². The minimum absolute atomic E-state index is 0.285. The van der Waals surface area contributed by atoms with Crippen LogP contribution in [-0.2, 0) is 4.79 Å². The number of rotatable bonds is 24. The number of hydrogen-bond donors (Lipinski definition) is 1. The third-order valence-corrected chi connectivity index (χ3v) is 7.62. The summed E-state index contributed by atoms with van der Waals surface area (Å²) in [4.78, 5) is 23.0. The second kappa shape index (κ2) is 20.8. The first-order chi connectivity index (χ1) is 18.2. The van der Waals surface area contributed by atoms with E-state index in [2.05, 4.69) is 18.2 Å². The molecule has 0 atom stereocenters. The Bertz CT molecular complexity index is 872. The van der Waals surface area contributed by atoms with E-state index in [1.165, 1.54) is 115 Å². The Morgan fingerprint density at radius 1 is 0.459 bits per heavy atom. The highest BCUT2D eigenvalue weighted by Crippen LogP contribution is 2.19. The van der Waals surface area contributed by atoms with E-state index in [1.807, 2.05) is 24.3 Å². The molecule has 0 heterocycles. The van der Waals surface area contributed by atoms with Crippen LogP contribution in [-0.4, -0.2) is 16.9 Å². The fourth-order valence-electron chi connectivity index (χ4n) is 5.25. The van der Waals surface area contributed by atoms with Gasteiger partial charge in [-0.2, -0.15) is 0 Å². The van der Waals surface area contributed by atoms with Gasteiger partial charge in [-0.05, 0) is 29.7 Å². The summed E-state index contributed by atoms with van der Waals surface area (Å²) in [6.07, 6.45) is 26.6. The summed E-state index contributed by atoms with van der Waals surface area (Å²) >= 11 is 0. The van der Waals surface area contributed by atoms with Crippen LogP contribution >= 0.6 is 0 Å². The van der Waals surface area contributed by atoms with Crippen LogP contribution in [0.5, 0.6) is 0 Å². The maximum absolute atomic E-state index is 12.5. The molecule has 206 valence electrons. The smallest absolute Gasteiger partial charge is 0.303 e. The van der Waals surface area contributed by atoms with Gasteiger partial charge in [-0.3, -0.25) is 9.59 Å². The van der Waals surface area contributed by atoms with Crippen LogP contribution in [0, 0.1) is 0 Å². The quantitative estimate of drug-likeness (QED) is 0.113. The largest absolute Gasteiger partial charge is 0.481 e. The van der Waals surface area contributed by atoms with Gasteiger partial charge in [0.15, 0.2) is 5.78 Å². The number of carbonyl (C=O) groups excluding carboxylic acids is 1. The normalized spacial score (nSPS) is 11.2. The number of benzene rings is 2. The molecule has 0 unspecified atom stereocenters. The van der Waals surface area contributed by atoms with Crippen molar-refractivity contribution < 1.29 is 14.7 Å². The maximum atomic E-state index is 12.5. The van der Waals surface area contributed by atoms with Gasteiger partial charge in [0.25, 0.3) is 0 Å². The van der Waals surface area contributed by atoms with Gasteiger partial charge in [0.1, 0.15) is 0 Å². The van der Waals surface area contributed by atoms with Crippen molar-refractivity contribution in [3.8, 4) is 0 Å². The molecule has 0 aliphatic rings. The number of ketones is 1. The number of unbranched alkanes of at least 4 members (excludes halogenated alkanes) is 19. The Morgan fingerprint density at radius 2 is 0.838 bits per heavy atom. The molecule has 3 nitrogen and oxygen atoms in total. The predicted molar refractivity (Wildman–Crippen MR) is 157 cm³/mol. The molecule has 0 fully saturated rings. The summed E-state index contributed by atoms with van der Waals surface area (Å²) in [5.74, 6) is -0.376. The first-order valence-electron chi connectivity index (χ1n) is 15.4. The molecule has 0 saturated carbocycles. The number of carboxylic acid groups (broad SMARTS) is 1. The van der Waals surface area contributed by atoms with Gasteiger partial charge >= 0.3 is 5.97 Å².